The average molecular weight is 224 g/mol. The molecule has 4 nitrogen and oxygen atoms in total. The van der Waals surface area contributed by atoms with Gasteiger partial charge in [0.05, 0.1) is 10.0 Å². The van der Waals surface area contributed by atoms with Gasteiger partial charge in [0.15, 0.2) is 4.21 Å². The Hall–Kier alpha value is -0.300. The van der Waals surface area contributed by atoms with Crippen LogP contribution in [-0.4, -0.2) is 8.42 Å². The van der Waals surface area contributed by atoms with Crippen LogP contribution in [0.25, 0.3) is 0 Å². The van der Waals surface area contributed by atoms with Gasteiger partial charge in [0, 0.05) is 0 Å². The molecule has 1 radical (unpaired) electrons. The van der Waals surface area contributed by atoms with Crippen LogP contribution in [0, 0.1) is 6.67 Å². The summed E-state index contributed by atoms with van der Waals surface area (Å²) in [5.41, 5.74) is 0.531. The second-order valence-electron chi connectivity index (χ2n) is 2.16. The first kappa shape index (κ1) is 8.31. The van der Waals surface area contributed by atoms with Gasteiger partial charge in [0.25, 0.3) is 10.0 Å². The van der Waals surface area contributed by atoms with E-state index in [1.807, 2.05) is 0 Å². The van der Waals surface area contributed by atoms with Gasteiger partial charge in [-0.25, -0.2) is 8.42 Å². The van der Waals surface area contributed by atoms with Gasteiger partial charge < -0.3 is 5.32 Å². The molecule has 0 spiro atoms. The van der Waals surface area contributed by atoms with E-state index in [2.05, 4.69) is 10.0 Å². The Kier molecular flexibility index (Phi) is 1.80. The van der Waals surface area contributed by atoms with Crippen LogP contribution in [0.1, 0.15) is 0 Å². The molecular weight excluding hydrogens is 220 g/mol. The highest BCUT2D eigenvalue weighted by Gasteiger charge is 2.25. The minimum absolute atomic E-state index is 0.231. The maximum atomic E-state index is 11.3. The molecule has 65 valence electrons. The van der Waals surface area contributed by atoms with E-state index < -0.39 is 10.0 Å². The topological polar surface area (TPSA) is 58.2 Å². The number of nitrogens with one attached hydrogen (secondary N) is 2. The molecule has 0 aromatic carbocycles. The zero-order chi connectivity index (χ0) is 8.77. The molecule has 1 aliphatic rings. The van der Waals surface area contributed by atoms with Gasteiger partial charge in [0.2, 0.25) is 0 Å². The second kappa shape index (κ2) is 2.59. The monoisotopic (exact) mass is 223 g/mol. The Morgan fingerprint density at radius 3 is 2.92 bits per heavy atom. The summed E-state index contributed by atoms with van der Waals surface area (Å²) in [5.74, 6) is 0. The maximum absolute atomic E-state index is 11.3. The molecule has 1 aromatic heterocycles. The van der Waals surface area contributed by atoms with Crippen LogP contribution in [0.2, 0.25) is 4.34 Å². The number of hydrogen-bond donors (Lipinski definition) is 2. The molecule has 0 amide bonds. The van der Waals surface area contributed by atoms with Gasteiger partial charge in [-0.1, -0.05) is 11.6 Å². The van der Waals surface area contributed by atoms with Crippen molar-refractivity contribution >= 4 is 38.6 Å². The van der Waals surface area contributed by atoms with Crippen molar-refractivity contribution in [2.24, 2.45) is 0 Å². The number of halogens is 1. The third-order valence-electron chi connectivity index (χ3n) is 1.35. The highest BCUT2D eigenvalue weighted by molar-refractivity contribution is 7.92. The van der Waals surface area contributed by atoms with Crippen LogP contribution in [0.3, 0.4) is 0 Å². The van der Waals surface area contributed by atoms with Crippen molar-refractivity contribution in [2.75, 3.05) is 5.32 Å². The van der Waals surface area contributed by atoms with Crippen molar-refractivity contribution in [2.45, 2.75) is 4.21 Å². The van der Waals surface area contributed by atoms with E-state index in [1.54, 1.807) is 6.07 Å². The van der Waals surface area contributed by atoms with Crippen molar-refractivity contribution in [1.29, 1.82) is 0 Å². The van der Waals surface area contributed by atoms with Gasteiger partial charge in [0.1, 0.15) is 6.67 Å². The second-order valence-corrected chi connectivity index (χ2v) is 5.75. The summed E-state index contributed by atoms with van der Waals surface area (Å²) >= 11 is 6.68. The third kappa shape index (κ3) is 1.20. The summed E-state index contributed by atoms with van der Waals surface area (Å²) in [4.78, 5) is 0. The molecule has 0 fully saturated rings. The van der Waals surface area contributed by atoms with Crippen LogP contribution < -0.4 is 10.0 Å². The van der Waals surface area contributed by atoms with E-state index in [0.29, 0.717) is 10.0 Å². The third-order valence-corrected chi connectivity index (χ3v) is 4.46. The molecule has 0 unspecified atom stereocenters. The lowest BCUT2D eigenvalue weighted by atomic mass is 10.5. The molecule has 7 heteroatoms. The number of hydrogen-bond acceptors (Lipinski definition) is 4. The molecule has 2 rings (SSSR count). The Morgan fingerprint density at radius 2 is 2.25 bits per heavy atom. The summed E-state index contributed by atoms with van der Waals surface area (Å²) in [5, 5.41) is 2.75. The Morgan fingerprint density at radius 1 is 1.50 bits per heavy atom. The molecule has 0 aliphatic carbocycles. The largest absolute Gasteiger partial charge is 0.364 e. The van der Waals surface area contributed by atoms with Gasteiger partial charge in [-0.05, 0) is 6.07 Å². The molecule has 1 aliphatic heterocycles. The first-order chi connectivity index (χ1) is 5.59. The average Bonchev–Trinajstić information content (AvgIpc) is 2.30. The van der Waals surface area contributed by atoms with Gasteiger partial charge in [-0.3, -0.25) is 0 Å². The highest BCUT2D eigenvalue weighted by Crippen LogP contribution is 2.36. The summed E-state index contributed by atoms with van der Waals surface area (Å²) in [7, 11) is -3.36. The first-order valence-electron chi connectivity index (χ1n) is 2.99. The molecule has 0 saturated heterocycles. The summed E-state index contributed by atoms with van der Waals surface area (Å²) in [6.45, 7) is 1.26. The quantitative estimate of drug-likeness (QED) is 0.696. The standard InChI is InChI=1S/C5H4ClN2O2S2/c6-4-1-3-5(11-4)12(9,10)8-2-7-3/h1-2,7-8H. The Bertz CT molecular complexity index is 411. The predicted octanol–water partition coefficient (Wildman–Crippen LogP) is 1.22. The van der Waals surface area contributed by atoms with E-state index in [0.717, 1.165) is 11.3 Å². The Balaban J connectivity index is 2.67. The smallest absolute Gasteiger partial charge is 0.254 e. The van der Waals surface area contributed by atoms with E-state index in [9.17, 15) is 8.42 Å². The SMILES string of the molecule is O=S1(=O)N[CH]Nc2cc(Cl)sc21. The predicted molar refractivity (Wildman–Crippen MR) is 47.6 cm³/mol. The lowest BCUT2D eigenvalue weighted by Gasteiger charge is -2.13. The van der Waals surface area contributed by atoms with Crippen molar-refractivity contribution in [3.05, 3.63) is 17.1 Å². The minimum Gasteiger partial charge on any atom is -0.364 e. The summed E-state index contributed by atoms with van der Waals surface area (Å²) in [6.07, 6.45) is 0. The number of fused-ring (bicyclic) bond motifs is 1. The van der Waals surface area contributed by atoms with Crippen LogP contribution in [0.15, 0.2) is 10.3 Å². The molecule has 0 bridgehead atoms. The molecule has 0 atom stereocenters. The minimum atomic E-state index is -3.36. The number of anilines is 1. The van der Waals surface area contributed by atoms with Crippen molar-refractivity contribution in [1.82, 2.24) is 4.72 Å². The fourth-order valence-electron chi connectivity index (χ4n) is 0.884. The lowest BCUT2D eigenvalue weighted by molar-refractivity contribution is 0.589. The van der Waals surface area contributed by atoms with E-state index in [4.69, 9.17) is 11.6 Å². The number of thiophene rings is 1. The van der Waals surface area contributed by atoms with Gasteiger partial charge in [-0.2, -0.15) is 4.72 Å². The zero-order valence-electron chi connectivity index (χ0n) is 5.67. The lowest BCUT2D eigenvalue weighted by Crippen LogP contribution is -2.28. The van der Waals surface area contributed by atoms with E-state index in [1.165, 1.54) is 6.67 Å². The molecule has 1 aromatic rings. The van der Waals surface area contributed by atoms with Crippen molar-refractivity contribution < 1.29 is 8.42 Å². The summed E-state index contributed by atoms with van der Waals surface area (Å²) < 4.78 is 25.4. The fourth-order valence-corrected chi connectivity index (χ4v) is 3.52. The normalized spacial score (nSPS) is 19.8. The van der Waals surface area contributed by atoms with E-state index in [-0.39, 0.29) is 4.21 Å². The van der Waals surface area contributed by atoms with Crippen LogP contribution in [-0.2, 0) is 10.0 Å². The number of sulfonamides is 1. The molecular formula is C5H4ClN2O2S2. The Labute approximate surface area is 78.6 Å². The highest BCUT2D eigenvalue weighted by atomic mass is 35.5. The summed E-state index contributed by atoms with van der Waals surface area (Å²) in [6, 6.07) is 1.58. The maximum Gasteiger partial charge on any atom is 0.254 e. The van der Waals surface area contributed by atoms with Crippen molar-refractivity contribution in [3.63, 3.8) is 0 Å². The van der Waals surface area contributed by atoms with Crippen LogP contribution >= 0.6 is 22.9 Å². The zero-order valence-corrected chi connectivity index (χ0v) is 8.05. The van der Waals surface area contributed by atoms with Gasteiger partial charge in [-0.15, -0.1) is 11.3 Å². The molecule has 12 heavy (non-hydrogen) atoms. The molecule has 2 N–H and O–H groups in total. The van der Waals surface area contributed by atoms with Crippen LogP contribution in [0.5, 0.6) is 0 Å². The fraction of sp³-hybridized carbons (Fsp3) is 0. The van der Waals surface area contributed by atoms with Crippen LogP contribution in [0.4, 0.5) is 5.69 Å². The first-order valence-corrected chi connectivity index (χ1v) is 5.67. The van der Waals surface area contributed by atoms with Crippen molar-refractivity contribution in [3.8, 4) is 0 Å². The van der Waals surface area contributed by atoms with Gasteiger partial charge >= 0.3 is 0 Å². The molecule has 2 heterocycles. The number of rotatable bonds is 0. The molecule has 0 saturated carbocycles. The van der Waals surface area contributed by atoms with E-state index >= 15 is 0 Å².